The highest BCUT2D eigenvalue weighted by molar-refractivity contribution is 5.82. The molecule has 0 spiro atoms. The van der Waals surface area contributed by atoms with Crippen LogP contribution in [0, 0.1) is 18.3 Å². The average molecular weight is 351 g/mol. The van der Waals surface area contributed by atoms with Crippen molar-refractivity contribution in [1.82, 2.24) is 29.9 Å². The minimum absolute atomic E-state index is 0.130. The molecular formula is C18H21N7O. The van der Waals surface area contributed by atoms with Gasteiger partial charge in [0.1, 0.15) is 11.8 Å². The van der Waals surface area contributed by atoms with E-state index in [4.69, 9.17) is 4.74 Å². The van der Waals surface area contributed by atoms with Crippen LogP contribution < -0.4 is 9.64 Å². The van der Waals surface area contributed by atoms with Gasteiger partial charge in [-0.05, 0) is 31.2 Å². The van der Waals surface area contributed by atoms with Gasteiger partial charge in [0.15, 0.2) is 11.5 Å². The molecule has 26 heavy (non-hydrogen) atoms. The molecule has 2 atom stereocenters. The van der Waals surface area contributed by atoms with Gasteiger partial charge in [0.2, 0.25) is 0 Å². The Bertz CT molecular complexity index is 925. The van der Waals surface area contributed by atoms with E-state index in [-0.39, 0.29) is 5.41 Å². The Kier molecular flexibility index (Phi) is 3.51. The topological polar surface area (TPSA) is 92.7 Å². The van der Waals surface area contributed by atoms with Crippen LogP contribution in [0.1, 0.15) is 24.8 Å². The van der Waals surface area contributed by atoms with Gasteiger partial charge in [-0.2, -0.15) is 0 Å². The first-order chi connectivity index (χ1) is 12.7. The highest BCUT2D eigenvalue weighted by atomic mass is 16.5. The Labute approximate surface area is 151 Å². The van der Waals surface area contributed by atoms with Crippen molar-refractivity contribution in [3.05, 3.63) is 30.6 Å². The van der Waals surface area contributed by atoms with E-state index >= 15 is 0 Å². The third-order valence-corrected chi connectivity index (χ3v) is 5.79. The minimum Gasteiger partial charge on any atom is -0.463 e. The van der Waals surface area contributed by atoms with Crippen LogP contribution in [-0.4, -0.2) is 49.6 Å². The van der Waals surface area contributed by atoms with Gasteiger partial charge in [0, 0.05) is 30.9 Å². The summed E-state index contributed by atoms with van der Waals surface area (Å²) in [5, 5.41) is 0. The normalized spacial score (nSPS) is 25.0. The standard InChI is InChI=1S/C18H21N7O/c1-12-5-19-17(20-6-12)26-9-18-4-2-3-13(18)7-25(8-18)16-14-15(22-10-21-14)23-11-24-16/h5-6,10-11,13H,2-4,7-9H2,1H3,(H,21,22,23,24). The molecule has 1 saturated carbocycles. The molecule has 5 rings (SSSR count). The Balaban J connectivity index is 1.38. The summed E-state index contributed by atoms with van der Waals surface area (Å²) < 4.78 is 6.00. The summed E-state index contributed by atoms with van der Waals surface area (Å²) in [6.07, 6.45) is 10.5. The highest BCUT2D eigenvalue weighted by Gasteiger charge is 2.50. The predicted molar refractivity (Wildman–Crippen MR) is 95.9 cm³/mol. The van der Waals surface area contributed by atoms with Crippen molar-refractivity contribution in [2.75, 3.05) is 24.6 Å². The van der Waals surface area contributed by atoms with Gasteiger partial charge >= 0.3 is 6.01 Å². The fourth-order valence-electron chi connectivity index (χ4n) is 4.47. The molecule has 3 aromatic rings. The molecule has 2 unspecified atom stereocenters. The number of ether oxygens (including phenoxy) is 1. The number of fused-ring (bicyclic) bond motifs is 2. The summed E-state index contributed by atoms with van der Waals surface area (Å²) in [4.78, 5) is 27.1. The molecule has 0 bridgehead atoms. The number of hydrogen-bond donors (Lipinski definition) is 1. The molecule has 1 aliphatic carbocycles. The van der Waals surface area contributed by atoms with Crippen molar-refractivity contribution in [2.24, 2.45) is 11.3 Å². The van der Waals surface area contributed by atoms with E-state index < -0.39 is 0 Å². The number of aryl methyl sites for hydroxylation is 1. The van der Waals surface area contributed by atoms with E-state index in [1.165, 1.54) is 12.8 Å². The SMILES string of the molecule is Cc1cnc(OCC23CCCC2CN(c2ncnc4nc[nH]c24)C3)nc1. The molecule has 1 N–H and O–H groups in total. The Morgan fingerprint density at radius 2 is 2.12 bits per heavy atom. The van der Waals surface area contributed by atoms with Gasteiger partial charge in [0.25, 0.3) is 0 Å². The predicted octanol–water partition coefficient (Wildman–Crippen LogP) is 2.14. The van der Waals surface area contributed by atoms with E-state index in [1.807, 2.05) is 6.92 Å². The number of imidazole rings is 1. The van der Waals surface area contributed by atoms with Crippen LogP contribution in [0.15, 0.2) is 25.0 Å². The molecule has 0 radical (unpaired) electrons. The number of anilines is 1. The molecule has 0 amide bonds. The number of hydrogen-bond acceptors (Lipinski definition) is 7. The molecule has 134 valence electrons. The summed E-state index contributed by atoms with van der Waals surface area (Å²) in [5.74, 6) is 1.54. The second kappa shape index (κ2) is 5.89. The lowest BCUT2D eigenvalue weighted by Gasteiger charge is -2.28. The maximum atomic E-state index is 6.00. The first-order valence-corrected chi connectivity index (χ1v) is 9.04. The molecule has 8 heteroatoms. The fraction of sp³-hybridized carbons (Fsp3) is 0.500. The molecule has 2 fully saturated rings. The van der Waals surface area contributed by atoms with E-state index in [2.05, 4.69) is 34.8 Å². The van der Waals surface area contributed by atoms with Gasteiger partial charge in [-0.3, -0.25) is 0 Å². The third-order valence-electron chi connectivity index (χ3n) is 5.79. The van der Waals surface area contributed by atoms with Crippen molar-refractivity contribution >= 4 is 17.0 Å². The lowest BCUT2D eigenvalue weighted by atomic mass is 9.82. The number of nitrogens with zero attached hydrogens (tertiary/aromatic N) is 6. The van der Waals surface area contributed by atoms with Gasteiger partial charge < -0.3 is 14.6 Å². The number of nitrogens with one attached hydrogen (secondary N) is 1. The van der Waals surface area contributed by atoms with E-state index in [0.717, 1.165) is 36.4 Å². The minimum atomic E-state index is 0.130. The molecule has 3 aromatic heterocycles. The Hall–Kier alpha value is -2.77. The first-order valence-electron chi connectivity index (χ1n) is 9.04. The fourth-order valence-corrected chi connectivity index (χ4v) is 4.47. The Morgan fingerprint density at radius 1 is 1.23 bits per heavy atom. The number of H-pyrrole nitrogens is 1. The molecule has 1 saturated heterocycles. The molecule has 8 nitrogen and oxygen atoms in total. The van der Waals surface area contributed by atoms with E-state index in [1.54, 1.807) is 25.0 Å². The number of rotatable bonds is 4. The number of aromatic nitrogens is 6. The molecule has 4 heterocycles. The van der Waals surface area contributed by atoms with Crippen LogP contribution in [0.5, 0.6) is 6.01 Å². The van der Waals surface area contributed by atoms with Crippen LogP contribution >= 0.6 is 0 Å². The lowest BCUT2D eigenvalue weighted by molar-refractivity contribution is 0.130. The average Bonchev–Trinajstić information content (AvgIpc) is 3.34. The summed E-state index contributed by atoms with van der Waals surface area (Å²) in [6, 6.07) is 0.465. The summed E-state index contributed by atoms with van der Waals surface area (Å²) in [5.41, 5.74) is 2.79. The lowest BCUT2D eigenvalue weighted by Crippen LogP contribution is -2.34. The summed E-state index contributed by atoms with van der Waals surface area (Å²) in [7, 11) is 0. The van der Waals surface area contributed by atoms with Crippen molar-refractivity contribution in [1.29, 1.82) is 0 Å². The monoisotopic (exact) mass is 351 g/mol. The van der Waals surface area contributed by atoms with Crippen LogP contribution in [-0.2, 0) is 0 Å². The second-order valence-electron chi connectivity index (χ2n) is 7.46. The van der Waals surface area contributed by atoms with E-state index in [9.17, 15) is 0 Å². The third kappa shape index (κ3) is 2.48. The van der Waals surface area contributed by atoms with E-state index in [0.29, 0.717) is 24.2 Å². The maximum Gasteiger partial charge on any atom is 0.316 e. The quantitative estimate of drug-likeness (QED) is 0.770. The summed E-state index contributed by atoms with van der Waals surface area (Å²) >= 11 is 0. The largest absolute Gasteiger partial charge is 0.463 e. The molecule has 2 aliphatic rings. The molecule has 0 aromatic carbocycles. The van der Waals surface area contributed by atoms with Crippen molar-refractivity contribution in [3.63, 3.8) is 0 Å². The van der Waals surface area contributed by atoms with Gasteiger partial charge in [-0.1, -0.05) is 6.42 Å². The van der Waals surface area contributed by atoms with Crippen molar-refractivity contribution in [2.45, 2.75) is 26.2 Å². The van der Waals surface area contributed by atoms with Crippen LogP contribution in [0.4, 0.5) is 5.82 Å². The van der Waals surface area contributed by atoms with Crippen molar-refractivity contribution < 1.29 is 4.74 Å². The van der Waals surface area contributed by atoms with Gasteiger partial charge in [-0.25, -0.2) is 24.9 Å². The second-order valence-corrected chi connectivity index (χ2v) is 7.46. The smallest absolute Gasteiger partial charge is 0.316 e. The molecule has 1 aliphatic heterocycles. The van der Waals surface area contributed by atoms with Crippen LogP contribution in [0.3, 0.4) is 0 Å². The molecular weight excluding hydrogens is 330 g/mol. The zero-order valence-electron chi connectivity index (χ0n) is 14.7. The summed E-state index contributed by atoms with van der Waals surface area (Å²) in [6.45, 7) is 4.54. The number of aromatic amines is 1. The van der Waals surface area contributed by atoms with Crippen LogP contribution in [0.2, 0.25) is 0 Å². The zero-order chi connectivity index (χ0) is 17.6. The maximum absolute atomic E-state index is 6.00. The van der Waals surface area contributed by atoms with Gasteiger partial charge in [-0.15, -0.1) is 0 Å². The highest BCUT2D eigenvalue weighted by Crippen LogP contribution is 2.49. The van der Waals surface area contributed by atoms with Crippen molar-refractivity contribution in [3.8, 4) is 6.01 Å². The Morgan fingerprint density at radius 3 is 3.00 bits per heavy atom. The van der Waals surface area contributed by atoms with Crippen LogP contribution in [0.25, 0.3) is 11.2 Å². The zero-order valence-corrected chi connectivity index (χ0v) is 14.7. The van der Waals surface area contributed by atoms with Gasteiger partial charge in [0.05, 0.1) is 12.9 Å². The first kappa shape index (κ1) is 15.5.